The molecule has 0 amide bonds. The first-order valence-corrected chi connectivity index (χ1v) is 11.4. The summed E-state index contributed by atoms with van der Waals surface area (Å²) in [5.74, 6) is 0.766. The first-order chi connectivity index (χ1) is 15.1. The molecule has 1 saturated carbocycles. The number of pyridine rings is 1. The molecule has 3 heterocycles. The van der Waals surface area contributed by atoms with Crippen molar-refractivity contribution in [3.8, 4) is 0 Å². The first kappa shape index (κ1) is 20.3. The van der Waals surface area contributed by atoms with Gasteiger partial charge in [0.1, 0.15) is 6.04 Å². The van der Waals surface area contributed by atoms with Crippen molar-refractivity contribution in [2.75, 3.05) is 26.3 Å². The van der Waals surface area contributed by atoms with Crippen LogP contribution in [0.3, 0.4) is 0 Å². The number of morpholine rings is 1. The maximum Gasteiger partial charge on any atom is 0.253 e. The molecule has 1 atom stereocenters. The van der Waals surface area contributed by atoms with E-state index in [-0.39, 0.29) is 11.6 Å². The molecule has 164 valence electrons. The van der Waals surface area contributed by atoms with Crippen LogP contribution < -0.4 is 5.56 Å². The van der Waals surface area contributed by atoms with E-state index in [0.717, 1.165) is 48.2 Å². The standard InChI is InChI=1S/C23H30N6O2/c1-15-8-9-17-14-19(23(30)24-20(17)16(15)2)21(28-10-12-31-13-11-28)22-25-26-27-29(22)18-6-4-3-5-7-18/h8-9,14,18,21H,3-7,10-13H2,1-2H3,(H,24,30). The van der Waals surface area contributed by atoms with Crippen LogP contribution in [0.15, 0.2) is 23.0 Å². The van der Waals surface area contributed by atoms with Gasteiger partial charge in [-0.1, -0.05) is 31.4 Å². The van der Waals surface area contributed by atoms with Crippen LogP contribution in [-0.4, -0.2) is 56.4 Å². The van der Waals surface area contributed by atoms with Gasteiger partial charge in [-0.05, 0) is 59.7 Å². The number of hydrogen-bond acceptors (Lipinski definition) is 6. The Kier molecular flexibility index (Phi) is 5.58. The number of nitrogens with one attached hydrogen (secondary N) is 1. The number of fused-ring (bicyclic) bond motifs is 1. The number of aromatic nitrogens is 5. The zero-order valence-corrected chi connectivity index (χ0v) is 18.3. The van der Waals surface area contributed by atoms with Crippen LogP contribution in [0, 0.1) is 13.8 Å². The molecule has 8 heteroatoms. The summed E-state index contributed by atoms with van der Waals surface area (Å²) in [6.45, 7) is 6.89. The first-order valence-electron chi connectivity index (χ1n) is 11.4. The highest BCUT2D eigenvalue weighted by molar-refractivity contribution is 5.83. The van der Waals surface area contributed by atoms with E-state index in [9.17, 15) is 4.79 Å². The molecular weight excluding hydrogens is 392 g/mol. The largest absolute Gasteiger partial charge is 0.379 e. The summed E-state index contributed by atoms with van der Waals surface area (Å²) in [6.07, 6.45) is 5.83. The van der Waals surface area contributed by atoms with Crippen molar-refractivity contribution >= 4 is 10.9 Å². The summed E-state index contributed by atoms with van der Waals surface area (Å²) < 4.78 is 7.58. The Morgan fingerprint density at radius 1 is 1.13 bits per heavy atom. The third-order valence-electron chi connectivity index (χ3n) is 6.97. The predicted octanol–water partition coefficient (Wildman–Crippen LogP) is 3.06. The minimum Gasteiger partial charge on any atom is -0.379 e. The fourth-order valence-electron chi connectivity index (χ4n) is 5.05. The maximum atomic E-state index is 13.4. The average Bonchev–Trinajstić information content (AvgIpc) is 3.28. The minimum atomic E-state index is -0.296. The second-order valence-electron chi connectivity index (χ2n) is 8.85. The third-order valence-corrected chi connectivity index (χ3v) is 6.97. The zero-order valence-electron chi connectivity index (χ0n) is 18.3. The van der Waals surface area contributed by atoms with E-state index in [0.29, 0.717) is 24.8 Å². The number of hydrogen-bond donors (Lipinski definition) is 1. The van der Waals surface area contributed by atoms with E-state index < -0.39 is 0 Å². The highest BCUT2D eigenvalue weighted by atomic mass is 16.5. The topological polar surface area (TPSA) is 88.9 Å². The van der Waals surface area contributed by atoms with Crippen LogP contribution in [0.1, 0.15) is 66.7 Å². The van der Waals surface area contributed by atoms with E-state index in [2.05, 4.69) is 51.4 Å². The monoisotopic (exact) mass is 422 g/mol. The summed E-state index contributed by atoms with van der Waals surface area (Å²) >= 11 is 0. The highest BCUT2D eigenvalue weighted by Crippen LogP contribution is 2.33. The second-order valence-corrected chi connectivity index (χ2v) is 8.85. The molecule has 1 unspecified atom stereocenters. The smallest absolute Gasteiger partial charge is 0.253 e. The van der Waals surface area contributed by atoms with Crippen molar-refractivity contribution in [3.63, 3.8) is 0 Å². The molecule has 1 aliphatic carbocycles. The highest BCUT2D eigenvalue weighted by Gasteiger charge is 2.33. The number of rotatable bonds is 4. The lowest BCUT2D eigenvalue weighted by Gasteiger charge is -2.34. The Morgan fingerprint density at radius 2 is 1.90 bits per heavy atom. The minimum absolute atomic E-state index is 0.0733. The van der Waals surface area contributed by atoms with Gasteiger partial charge in [0.15, 0.2) is 5.82 Å². The van der Waals surface area contributed by atoms with E-state index in [1.807, 2.05) is 10.7 Å². The molecule has 2 aromatic heterocycles. The molecule has 2 aliphatic rings. The molecule has 1 aliphatic heterocycles. The zero-order chi connectivity index (χ0) is 21.4. The average molecular weight is 423 g/mol. The summed E-state index contributed by atoms with van der Waals surface area (Å²) in [5, 5.41) is 13.9. The van der Waals surface area contributed by atoms with Gasteiger partial charge in [0.05, 0.1) is 24.8 Å². The van der Waals surface area contributed by atoms with E-state index in [1.165, 1.54) is 24.8 Å². The van der Waals surface area contributed by atoms with Crippen LogP contribution in [0.25, 0.3) is 10.9 Å². The van der Waals surface area contributed by atoms with Gasteiger partial charge >= 0.3 is 0 Å². The Balaban J connectivity index is 1.65. The van der Waals surface area contributed by atoms with Gasteiger partial charge in [-0.2, -0.15) is 0 Å². The number of aryl methyl sites for hydroxylation is 2. The fourth-order valence-corrected chi connectivity index (χ4v) is 5.05. The van der Waals surface area contributed by atoms with Gasteiger partial charge in [0.2, 0.25) is 0 Å². The molecule has 3 aromatic rings. The lowest BCUT2D eigenvalue weighted by Crippen LogP contribution is -2.42. The summed E-state index contributed by atoms with van der Waals surface area (Å²) in [7, 11) is 0. The van der Waals surface area contributed by atoms with E-state index in [4.69, 9.17) is 4.74 Å². The van der Waals surface area contributed by atoms with Gasteiger partial charge in [-0.3, -0.25) is 9.69 Å². The number of benzene rings is 1. The lowest BCUT2D eigenvalue weighted by molar-refractivity contribution is 0.0209. The lowest BCUT2D eigenvalue weighted by atomic mass is 9.95. The maximum absolute atomic E-state index is 13.4. The molecule has 1 saturated heterocycles. The van der Waals surface area contributed by atoms with Gasteiger partial charge in [-0.15, -0.1) is 5.10 Å². The molecule has 1 aromatic carbocycles. The van der Waals surface area contributed by atoms with Crippen LogP contribution in [0.2, 0.25) is 0 Å². The Hall–Kier alpha value is -2.58. The Bertz CT molecular complexity index is 1120. The molecule has 8 nitrogen and oxygen atoms in total. The van der Waals surface area contributed by atoms with Crippen molar-refractivity contribution in [2.45, 2.75) is 58.0 Å². The quantitative estimate of drug-likeness (QED) is 0.695. The van der Waals surface area contributed by atoms with Crippen molar-refractivity contribution in [1.82, 2.24) is 30.1 Å². The van der Waals surface area contributed by atoms with Gasteiger partial charge in [0, 0.05) is 18.7 Å². The van der Waals surface area contributed by atoms with Gasteiger partial charge in [0.25, 0.3) is 5.56 Å². The SMILES string of the molecule is Cc1ccc2cc(C(c3nnnn3C3CCCCC3)N3CCOCC3)c(=O)[nH]c2c1C. The predicted molar refractivity (Wildman–Crippen MR) is 118 cm³/mol. The molecule has 0 spiro atoms. The number of aromatic amines is 1. The number of H-pyrrole nitrogens is 1. The molecule has 1 N–H and O–H groups in total. The molecule has 0 radical (unpaired) electrons. The number of ether oxygens (including phenoxy) is 1. The summed E-state index contributed by atoms with van der Waals surface area (Å²) in [4.78, 5) is 18.8. The van der Waals surface area contributed by atoms with Crippen molar-refractivity contribution in [2.24, 2.45) is 0 Å². The second kappa shape index (κ2) is 8.51. The Morgan fingerprint density at radius 3 is 2.68 bits per heavy atom. The van der Waals surface area contributed by atoms with Gasteiger partial charge in [-0.25, -0.2) is 4.68 Å². The van der Waals surface area contributed by atoms with Crippen LogP contribution in [0.5, 0.6) is 0 Å². The third kappa shape index (κ3) is 3.78. The van der Waals surface area contributed by atoms with Crippen molar-refractivity contribution < 1.29 is 4.74 Å². The number of tetrazole rings is 1. The van der Waals surface area contributed by atoms with Gasteiger partial charge < -0.3 is 9.72 Å². The molecule has 31 heavy (non-hydrogen) atoms. The molecule has 0 bridgehead atoms. The van der Waals surface area contributed by atoms with Crippen molar-refractivity contribution in [1.29, 1.82) is 0 Å². The fraction of sp³-hybridized carbons (Fsp3) is 0.565. The van der Waals surface area contributed by atoms with E-state index >= 15 is 0 Å². The summed E-state index contributed by atoms with van der Waals surface area (Å²) in [6, 6.07) is 6.22. The van der Waals surface area contributed by atoms with Crippen molar-refractivity contribution in [3.05, 3.63) is 51.1 Å². The van der Waals surface area contributed by atoms with Crippen LogP contribution >= 0.6 is 0 Å². The normalized spacial score (nSPS) is 19.7. The Labute approximate surface area is 181 Å². The number of nitrogens with zero attached hydrogens (tertiary/aromatic N) is 5. The molecule has 2 fully saturated rings. The summed E-state index contributed by atoms with van der Waals surface area (Å²) in [5.41, 5.74) is 3.81. The molecule has 5 rings (SSSR count). The molecular formula is C23H30N6O2. The van der Waals surface area contributed by atoms with Crippen LogP contribution in [-0.2, 0) is 4.74 Å². The van der Waals surface area contributed by atoms with E-state index in [1.54, 1.807) is 0 Å². The van der Waals surface area contributed by atoms with Crippen LogP contribution in [0.4, 0.5) is 0 Å².